The lowest BCUT2D eigenvalue weighted by atomic mass is 10.3. The Morgan fingerprint density at radius 2 is 2.07 bits per heavy atom. The lowest BCUT2D eigenvalue weighted by molar-refractivity contribution is 0.406. The number of rotatable bonds is 1. The molecule has 1 N–H and O–H groups in total. The van der Waals surface area contributed by atoms with Gasteiger partial charge in [0.25, 0.3) is 0 Å². The van der Waals surface area contributed by atoms with Crippen LogP contribution in [0, 0.1) is 18.6 Å². The van der Waals surface area contributed by atoms with Crippen molar-refractivity contribution >= 4 is 0 Å². The highest BCUT2D eigenvalue weighted by Crippen LogP contribution is 2.22. The summed E-state index contributed by atoms with van der Waals surface area (Å²) in [5.41, 5.74) is 1.17. The molecule has 0 atom stereocenters. The van der Waals surface area contributed by atoms with Gasteiger partial charge in [-0.2, -0.15) is 9.49 Å². The van der Waals surface area contributed by atoms with Crippen LogP contribution in [0.4, 0.5) is 8.78 Å². The maximum absolute atomic E-state index is 13.0. The van der Waals surface area contributed by atoms with Crippen LogP contribution >= 0.6 is 0 Å². The predicted molar refractivity (Wildman–Crippen MR) is 49.9 cm³/mol. The number of aromatic nitrogens is 2. The van der Waals surface area contributed by atoms with Crippen LogP contribution in [-0.4, -0.2) is 14.9 Å². The molecule has 0 aliphatic rings. The molecule has 2 aromatic rings. The van der Waals surface area contributed by atoms with Gasteiger partial charge in [-0.15, -0.1) is 0 Å². The van der Waals surface area contributed by atoms with E-state index < -0.39 is 17.4 Å². The van der Waals surface area contributed by atoms with E-state index in [1.165, 1.54) is 4.68 Å². The molecule has 0 amide bonds. The number of phenols is 1. The number of phenolic OH excluding ortho intramolecular Hbond substituents is 1. The molecule has 5 heteroatoms. The smallest absolute Gasteiger partial charge is 0.200 e. The summed E-state index contributed by atoms with van der Waals surface area (Å²) in [6.07, 6.45) is 3.23. The summed E-state index contributed by atoms with van der Waals surface area (Å²) >= 11 is 0. The van der Waals surface area contributed by atoms with E-state index in [4.69, 9.17) is 5.11 Å². The van der Waals surface area contributed by atoms with Crippen molar-refractivity contribution in [3.8, 4) is 11.4 Å². The van der Waals surface area contributed by atoms with E-state index in [0.29, 0.717) is 0 Å². The normalized spacial score (nSPS) is 10.6. The van der Waals surface area contributed by atoms with Crippen molar-refractivity contribution in [2.75, 3.05) is 0 Å². The second-order valence-corrected chi connectivity index (χ2v) is 3.22. The molecule has 0 aliphatic heterocycles. The molecule has 2 rings (SSSR count). The fourth-order valence-electron chi connectivity index (χ4n) is 1.25. The van der Waals surface area contributed by atoms with Gasteiger partial charge in [0.2, 0.25) is 0 Å². The molecule has 3 nitrogen and oxygen atoms in total. The molecule has 0 bridgehead atoms. The highest BCUT2D eigenvalue weighted by atomic mass is 19.2. The summed E-state index contributed by atoms with van der Waals surface area (Å²) < 4.78 is 27.1. The van der Waals surface area contributed by atoms with Crippen LogP contribution in [0.15, 0.2) is 24.5 Å². The minimum Gasteiger partial charge on any atom is -0.505 e. The van der Waals surface area contributed by atoms with Gasteiger partial charge in [0, 0.05) is 18.3 Å². The zero-order valence-electron chi connectivity index (χ0n) is 7.91. The van der Waals surface area contributed by atoms with Crippen LogP contribution in [-0.2, 0) is 0 Å². The van der Waals surface area contributed by atoms with Gasteiger partial charge in [0.05, 0.1) is 11.9 Å². The van der Waals surface area contributed by atoms with E-state index >= 15 is 0 Å². The monoisotopic (exact) mass is 210 g/mol. The lowest BCUT2D eigenvalue weighted by Gasteiger charge is -2.03. The Kier molecular flexibility index (Phi) is 2.15. The number of nitrogens with zero attached hydrogens (tertiary/aromatic N) is 2. The quantitative estimate of drug-likeness (QED) is 0.783. The molecule has 0 spiro atoms. The molecule has 0 saturated carbocycles. The van der Waals surface area contributed by atoms with E-state index in [1.54, 1.807) is 12.4 Å². The third kappa shape index (κ3) is 1.68. The van der Waals surface area contributed by atoms with Gasteiger partial charge < -0.3 is 5.11 Å². The second-order valence-electron chi connectivity index (χ2n) is 3.22. The van der Waals surface area contributed by atoms with Crippen molar-refractivity contribution in [2.24, 2.45) is 0 Å². The van der Waals surface area contributed by atoms with Crippen molar-refractivity contribution in [1.29, 1.82) is 0 Å². The highest BCUT2D eigenvalue weighted by molar-refractivity contribution is 5.40. The standard InChI is InChI=1S/C10H8F2N2O/c1-6-4-13-14(5-6)7-2-8(11)10(12)9(15)3-7/h2-5,15H,1H3. The first-order chi connectivity index (χ1) is 7.08. The van der Waals surface area contributed by atoms with Gasteiger partial charge in [0.15, 0.2) is 17.4 Å². The summed E-state index contributed by atoms with van der Waals surface area (Å²) in [4.78, 5) is 0. The van der Waals surface area contributed by atoms with Gasteiger partial charge in [-0.3, -0.25) is 0 Å². The minimum atomic E-state index is -1.25. The average Bonchev–Trinajstić information content (AvgIpc) is 2.60. The van der Waals surface area contributed by atoms with E-state index in [0.717, 1.165) is 17.7 Å². The van der Waals surface area contributed by atoms with Crippen LogP contribution in [0.25, 0.3) is 5.69 Å². The minimum absolute atomic E-state index is 0.277. The number of benzene rings is 1. The lowest BCUT2D eigenvalue weighted by Crippen LogP contribution is -1.96. The summed E-state index contributed by atoms with van der Waals surface area (Å²) in [7, 11) is 0. The Hall–Kier alpha value is -1.91. The van der Waals surface area contributed by atoms with Crippen LogP contribution in [0.1, 0.15) is 5.56 Å². The van der Waals surface area contributed by atoms with Gasteiger partial charge in [-0.05, 0) is 12.5 Å². The molecule has 78 valence electrons. The van der Waals surface area contributed by atoms with Gasteiger partial charge in [-0.1, -0.05) is 0 Å². The first kappa shape index (κ1) is 9.64. The topological polar surface area (TPSA) is 38.0 Å². The van der Waals surface area contributed by atoms with Crippen molar-refractivity contribution < 1.29 is 13.9 Å². The number of hydrogen-bond donors (Lipinski definition) is 1. The Labute approximate surface area is 84.6 Å². The van der Waals surface area contributed by atoms with Crippen molar-refractivity contribution in [2.45, 2.75) is 6.92 Å². The van der Waals surface area contributed by atoms with E-state index in [2.05, 4.69) is 5.10 Å². The summed E-state index contributed by atoms with van der Waals surface area (Å²) in [5, 5.41) is 13.0. The molecule has 0 aliphatic carbocycles. The number of aromatic hydroxyl groups is 1. The van der Waals surface area contributed by atoms with Crippen LogP contribution in [0.3, 0.4) is 0 Å². The molecule has 15 heavy (non-hydrogen) atoms. The van der Waals surface area contributed by atoms with Crippen LogP contribution in [0.5, 0.6) is 5.75 Å². The number of aryl methyl sites for hydroxylation is 1. The molecular weight excluding hydrogens is 202 g/mol. The third-order valence-corrected chi connectivity index (χ3v) is 1.97. The summed E-state index contributed by atoms with van der Waals surface area (Å²) in [6, 6.07) is 2.09. The van der Waals surface area contributed by atoms with Gasteiger partial charge in [-0.25, -0.2) is 9.07 Å². The molecule has 0 fully saturated rings. The van der Waals surface area contributed by atoms with E-state index in [9.17, 15) is 8.78 Å². The highest BCUT2D eigenvalue weighted by Gasteiger charge is 2.10. The SMILES string of the molecule is Cc1cnn(-c2cc(O)c(F)c(F)c2)c1. The zero-order valence-corrected chi connectivity index (χ0v) is 7.91. The molecule has 1 aromatic carbocycles. The Morgan fingerprint density at radius 3 is 2.60 bits per heavy atom. The number of hydrogen-bond acceptors (Lipinski definition) is 2. The van der Waals surface area contributed by atoms with Crippen LogP contribution < -0.4 is 0 Å². The third-order valence-electron chi connectivity index (χ3n) is 1.97. The molecule has 1 aromatic heterocycles. The van der Waals surface area contributed by atoms with E-state index in [-0.39, 0.29) is 5.69 Å². The van der Waals surface area contributed by atoms with Crippen molar-refractivity contribution in [1.82, 2.24) is 9.78 Å². The van der Waals surface area contributed by atoms with E-state index in [1.807, 2.05) is 6.92 Å². The summed E-state index contributed by atoms with van der Waals surface area (Å²) in [5.74, 6) is -3.07. The fraction of sp³-hybridized carbons (Fsp3) is 0.100. The second kappa shape index (κ2) is 3.34. The van der Waals surface area contributed by atoms with Gasteiger partial charge >= 0.3 is 0 Å². The first-order valence-electron chi connectivity index (χ1n) is 4.27. The average molecular weight is 210 g/mol. The molecule has 1 heterocycles. The van der Waals surface area contributed by atoms with Crippen LogP contribution in [0.2, 0.25) is 0 Å². The fourth-order valence-corrected chi connectivity index (χ4v) is 1.25. The van der Waals surface area contributed by atoms with Crippen molar-refractivity contribution in [3.05, 3.63) is 41.7 Å². The zero-order chi connectivity index (χ0) is 11.0. The maximum Gasteiger partial charge on any atom is 0.200 e. The van der Waals surface area contributed by atoms with Crippen molar-refractivity contribution in [3.63, 3.8) is 0 Å². The molecular formula is C10H8F2N2O. The van der Waals surface area contributed by atoms with Gasteiger partial charge in [0.1, 0.15) is 0 Å². The largest absolute Gasteiger partial charge is 0.505 e. The molecule has 0 saturated heterocycles. The molecule has 0 unspecified atom stereocenters. The first-order valence-corrected chi connectivity index (χ1v) is 4.27. The Bertz CT molecular complexity index is 485. The Morgan fingerprint density at radius 1 is 1.33 bits per heavy atom. The Balaban J connectivity index is 2.55. The number of halogens is 2. The maximum atomic E-state index is 13.0. The summed E-state index contributed by atoms with van der Waals surface area (Å²) in [6.45, 7) is 1.82. The predicted octanol–water partition coefficient (Wildman–Crippen LogP) is 2.16. The molecule has 0 radical (unpaired) electrons.